The van der Waals surface area contributed by atoms with E-state index in [1.165, 1.54) is 18.4 Å². The number of nitrogens with zero attached hydrogens (tertiary/aromatic N) is 3. The molecule has 0 spiro atoms. The third-order valence-corrected chi connectivity index (χ3v) is 5.61. The van der Waals surface area contributed by atoms with Gasteiger partial charge in [0.1, 0.15) is 12.1 Å². The third-order valence-electron chi connectivity index (χ3n) is 5.61. The molecule has 1 saturated heterocycles. The van der Waals surface area contributed by atoms with Gasteiger partial charge in [0.2, 0.25) is 0 Å². The zero-order valence-electron chi connectivity index (χ0n) is 17.4. The molecule has 5 heteroatoms. The Balaban J connectivity index is 1.36. The number of carbonyl (C=O) groups is 1. The molecule has 1 aromatic heterocycles. The van der Waals surface area contributed by atoms with E-state index in [2.05, 4.69) is 39.2 Å². The molecule has 0 aliphatic carbocycles. The van der Waals surface area contributed by atoms with E-state index in [0.717, 1.165) is 43.0 Å². The summed E-state index contributed by atoms with van der Waals surface area (Å²) in [5.41, 5.74) is 3.84. The van der Waals surface area contributed by atoms with Gasteiger partial charge < -0.3 is 10.2 Å². The van der Waals surface area contributed by atoms with Gasteiger partial charge in [-0.25, -0.2) is 9.97 Å². The second-order valence-corrected chi connectivity index (χ2v) is 7.93. The van der Waals surface area contributed by atoms with Crippen LogP contribution in [0, 0.1) is 0 Å². The van der Waals surface area contributed by atoms with E-state index < -0.39 is 0 Å². The highest BCUT2D eigenvalue weighted by Crippen LogP contribution is 2.23. The van der Waals surface area contributed by atoms with Crippen molar-refractivity contribution in [2.75, 3.05) is 18.0 Å². The number of benzene rings is 2. The van der Waals surface area contributed by atoms with Gasteiger partial charge >= 0.3 is 0 Å². The molecule has 2 aromatic carbocycles. The minimum absolute atomic E-state index is 0.0393. The van der Waals surface area contributed by atoms with Crippen molar-refractivity contribution < 1.29 is 4.79 Å². The summed E-state index contributed by atoms with van der Waals surface area (Å²) in [4.78, 5) is 23.7. The number of rotatable bonds is 7. The first-order chi connectivity index (χ1) is 14.7. The first kappa shape index (κ1) is 20.1. The maximum absolute atomic E-state index is 12.6. The molecule has 1 aliphatic heterocycles. The van der Waals surface area contributed by atoms with E-state index >= 15 is 0 Å². The van der Waals surface area contributed by atoms with E-state index in [4.69, 9.17) is 0 Å². The van der Waals surface area contributed by atoms with Crippen molar-refractivity contribution in [1.29, 1.82) is 0 Å². The highest BCUT2D eigenvalue weighted by Gasteiger charge is 2.15. The van der Waals surface area contributed by atoms with Gasteiger partial charge in [-0.3, -0.25) is 4.79 Å². The molecule has 3 aromatic rings. The number of hydrogen-bond acceptors (Lipinski definition) is 4. The smallest absolute Gasteiger partial charge is 0.251 e. The molecule has 0 saturated carbocycles. The lowest BCUT2D eigenvalue weighted by Gasteiger charge is -2.16. The van der Waals surface area contributed by atoms with E-state index in [9.17, 15) is 4.79 Å². The molecular formula is C25H28N4O. The van der Waals surface area contributed by atoms with Crippen LogP contribution >= 0.6 is 0 Å². The van der Waals surface area contributed by atoms with Crippen LogP contribution in [0.4, 0.5) is 5.82 Å². The van der Waals surface area contributed by atoms with Gasteiger partial charge in [-0.05, 0) is 50.3 Å². The van der Waals surface area contributed by atoms with Crippen LogP contribution in [0.5, 0.6) is 0 Å². The van der Waals surface area contributed by atoms with E-state index in [-0.39, 0.29) is 11.9 Å². The Morgan fingerprint density at radius 1 is 1.03 bits per heavy atom. The fraction of sp³-hybridized carbons (Fsp3) is 0.320. The molecule has 1 N–H and O–H groups in total. The van der Waals surface area contributed by atoms with Crippen LogP contribution in [0.3, 0.4) is 0 Å². The van der Waals surface area contributed by atoms with Crippen molar-refractivity contribution in [2.24, 2.45) is 0 Å². The number of anilines is 1. The summed E-state index contributed by atoms with van der Waals surface area (Å²) in [6.07, 6.45) is 5.92. The average molecular weight is 401 g/mol. The first-order valence-electron chi connectivity index (χ1n) is 10.7. The summed E-state index contributed by atoms with van der Waals surface area (Å²) < 4.78 is 0. The van der Waals surface area contributed by atoms with Crippen LogP contribution in [0.15, 0.2) is 67.0 Å². The number of aromatic nitrogens is 2. The quantitative estimate of drug-likeness (QED) is 0.635. The highest BCUT2D eigenvalue weighted by atomic mass is 16.1. The summed E-state index contributed by atoms with van der Waals surface area (Å²) in [5, 5.41) is 3.10. The normalized spacial score (nSPS) is 14.5. The summed E-state index contributed by atoms with van der Waals surface area (Å²) in [6, 6.07) is 20.2. The van der Waals surface area contributed by atoms with Crippen LogP contribution < -0.4 is 10.2 Å². The monoisotopic (exact) mass is 400 g/mol. The van der Waals surface area contributed by atoms with Gasteiger partial charge in [0.05, 0.1) is 5.69 Å². The zero-order chi connectivity index (χ0) is 20.8. The molecule has 2 heterocycles. The summed E-state index contributed by atoms with van der Waals surface area (Å²) in [5.74, 6) is 0.939. The topological polar surface area (TPSA) is 58.1 Å². The van der Waals surface area contributed by atoms with Crippen molar-refractivity contribution in [2.45, 2.75) is 38.6 Å². The highest BCUT2D eigenvalue weighted by molar-refractivity contribution is 5.94. The molecule has 5 nitrogen and oxygen atoms in total. The van der Waals surface area contributed by atoms with Gasteiger partial charge in [0, 0.05) is 36.3 Å². The molecule has 1 aliphatic rings. The Hall–Kier alpha value is -3.21. The van der Waals surface area contributed by atoms with Crippen molar-refractivity contribution in [3.63, 3.8) is 0 Å². The second-order valence-electron chi connectivity index (χ2n) is 7.93. The summed E-state index contributed by atoms with van der Waals surface area (Å²) >= 11 is 0. The SMILES string of the molecule is C[C@@H](CCc1ccccc1)NC(=O)c1ccc(-c2cc(N3CCCC3)ncn2)cc1. The lowest BCUT2D eigenvalue weighted by molar-refractivity contribution is 0.0938. The van der Waals surface area contributed by atoms with Crippen molar-refractivity contribution >= 4 is 11.7 Å². The minimum atomic E-state index is -0.0393. The summed E-state index contributed by atoms with van der Waals surface area (Å²) in [6.45, 7) is 4.16. The van der Waals surface area contributed by atoms with Crippen LogP contribution in [-0.2, 0) is 6.42 Å². The van der Waals surface area contributed by atoms with Crippen LogP contribution in [0.1, 0.15) is 42.1 Å². The lowest BCUT2D eigenvalue weighted by Crippen LogP contribution is -2.32. The number of carbonyl (C=O) groups excluding carboxylic acids is 1. The van der Waals surface area contributed by atoms with Gasteiger partial charge in [0.15, 0.2) is 0 Å². The molecule has 1 fully saturated rings. The molecule has 4 rings (SSSR count). The number of amides is 1. The average Bonchev–Trinajstić information content (AvgIpc) is 3.34. The molecule has 0 unspecified atom stereocenters. The van der Waals surface area contributed by atoms with Gasteiger partial charge in [-0.15, -0.1) is 0 Å². The largest absolute Gasteiger partial charge is 0.357 e. The van der Waals surface area contributed by atoms with Crippen molar-refractivity contribution in [1.82, 2.24) is 15.3 Å². The van der Waals surface area contributed by atoms with E-state index in [1.54, 1.807) is 6.33 Å². The van der Waals surface area contributed by atoms with Crippen molar-refractivity contribution in [3.8, 4) is 11.3 Å². The maximum Gasteiger partial charge on any atom is 0.251 e. The third kappa shape index (κ3) is 5.03. The number of hydrogen-bond donors (Lipinski definition) is 1. The van der Waals surface area contributed by atoms with Crippen LogP contribution in [0.25, 0.3) is 11.3 Å². The number of nitrogens with one attached hydrogen (secondary N) is 1. The Morgan fingerprint density at radius 3 is 2.50 bits per heavy atom. The van der Waals surface area contributed by atoms with E-state index in [0.29, 0.717) is 5.56 Å². The molecule has 1 atom stereocenters. The first-order valence-corrected chi connectivity index (χ1v) is 10.7. The Morgan fingerprint density at radius 2 is 1.77 bits per heavy atom. The molecule has 30 heavy (non-hydrogen) atoms. The minimum Gasteiger partial charge on any atom is -0.357 e. The van der Waals surface area contributed by atoms with Crippen LogP contribution in [-0.4, -0.2) is 35.0 Å². The predicted octanol–water partition coefficient (Wildman–Crippen LogP) is 4.49. The zero-order valence-corrected chi connectivity index (χ0v) is 17.4. The second kappa shape index (κ2) is 9.53. The Bertz CT molecular complexity index is 966. The Labute approximate surface area is 178 Å². The standard InChI is InChI=1S/C25H28N4O/c1-19(9-10-20-7-3-2-4-8-20)28-25(30)22-13-11-21(12-14-22)23-17-24(27-18-26-23)29-15-5-6-16-29/h2-4,7-8,11-14,17-19H,5-6,9-10,15-16H2,1H3,(H,28,30)/t19-/m0/s1. The lowest BCUT2D eigenvalue weighted by atomic mass is 10.1. The van der Waals surface area contributed by atoms with Crippen molar-refractivity contribution in [3.05, 3.63) is 78.1 Å². The van der Waals surface area contributed by atoms with Gasteiger partial charge in [-0.2, -0.15) is 0 Å². The maximum atomic E-state index is 12.6. The van der Waals surface area contributed by atoms with Gasteiger partial charge in [0.25, 0.3) is 5.91 Å². The fourth-order valence-electron chi connectivity index (χ4n) is 3.82. The molecular weight excluding hydrogens is 372 g/mol. The van der Waals surface area contributed by atoms with Crippen LogP contribution in [0.2, 0.25) is 0 Å². The fourth-order valence-corrected chi connectivity index (χ4v) is 3.82. The molecule has 0 radical (unpaired) electrons. The van der Waals surface area contributed by atoms with E-state index in [1.807, 2.05) is 48.5 Å². The Kier molecular flexibility index (Phi) is 6.38. The molecule has 0 bridgehead atoms. The number of aryl methyl sites for hydroxylation is 1. The predicted molar refractivity (Wildman–Crippen MR) is 121 cm³/mol. The molecule has 154 valence electrons. The summed E-state index contributed by atoms with van der Waals surface area (Å²) in [7, 11) is 0. The molecule has 1 amide bonds. The van der Waals surface area contributed by atoms with Gasteiger partial charge in [-0.1, -0.05) is 42.5 Å².